The average molecular weight is 348 g/mol. The number of pyridine rings is 1. The summed E-state index contributed by atoms with van der Waals surface area (Å²) in [6.07, 6.45) is 1.80. The molecule has 1 aromatic carbocycles. The minimum Gasteiger partial charge on any atom is -0.377 e. The molecule has 1 heterocycles. The van der Waals surface area contributed by atoms with Gasteiger partial charge in [0.25, 0.3) is 0 Å². The third-order valence-corrected chi connectivity index (χ3v) is 3.93. The van der Waals surface area contributed by atoms with E-state index in [0.29, 0.717) is 0 Å². The molecule has 0 aliphatic carbocycles. The van der Waals surface area contributed by atoms with Crippen LogP contribution in [0.15, 0.2) is 41.1 Å². The Morgan fingerprint density at radius 3 is 2.71 bits per heavy atom. The number of hydrogen-bond acceptors (Lipinski definition) is 3. The van der Waals surface area contributed by atoms with Crippen molar-refractivity contribution in [1.29, 1.82) is 0 Å². The summed E-state index contributed by atoms with van der Waals surface area (Å²) in [5.74, 6) is -0.0690. The number of carbonyl (C=O) groups excluding carboxylic acids is 1. The summed E-state index contributed by atoms with van der Waals surface area (Å²) in [6, 6.07) is 9.97. The lowest BCUT2D eigenvalue weighted by atomic mass is 10.1. The van der Waals surface area contributed by atoms with Crippen molar-refractivity contribution in [2.24, 2.45) is 0 Å². The standard InChI is InChI=1S/C16H18BrN3O/c1-10-7-15(9-18-16(10)17)19-11(2)13-5-4-6-14(8-13)20-12(3)21/h4-9,11,19H,1-3H3,(H,20,21). The number of amides is 1. The highest BCUT2D eigenvalue weighted by molar-refractivity contribution is 9.10. The van der Waals surface area contributed by atoms with Crippen LogP contribution in [0.1, 0.15) is 31.0 Å². The van der Waals surface area contributed by atoms with E-state index in [9.17, 15) is 4.79 Å². The van der Waals surface area contributed by atoms with E-state index in [1.165, 1.54) is 6.92 Å². The van der Waals surface area contributed by atoms with Gasteiger partial charge in [-0.1, -0.05) is 12.1 Å². The largest absolute Gasteiger partial charge is 0.377 e. The van der Waals surface area contributed by atoms with Crippen LogP contribution < -0.4 is 10.6 Å². The number of anilines is 2. The molecule has 0 radical (unpaired) electrons. The third-order valence-electron chi connectivity index (χ3n) is 3.10. The van der Waals surface area contributed by atoms with E-state index in [2.05, 4.69) is 38.5 Å². The molecule has 5 heteroatoms. The first-order valence-electron chi connectivity index (χ1n) is 6.72. The van der Waals surface area contributed by atoms with Crippen LogP contribution in [-0.2, 0) is 4.79 Å². The monoisotopic (exact) mass is 347 g/mol. The highest BCUT2D eigenvalue weighted by Gasteiger charge is 2.08. The molecule has 1 atom stereocenters. The molecule has 0 fully saturated rings. The topological polar surface area (TPSA) is 54.0 Å². The number of rotatable bonds is 4. The molecule has 110 valence electrons. The molecule has 0 saturated carbocycles. The number of halogens is 1. The van der Waals surface area contributed by atoms with Gasteiger partial charge in [0.1, 0.15) is 4.60 Å². The van der Waals surface area contributed by atoms with Crippen molar-refractivity contribution >= 4 is 33.2 Å². The van der Waals surface area contributed by atoms with Gasteiger partial charge in [0.05, 0.1) is 11.9 Å². The number of carbonyl (C=O) groups is 1. The van der Waals surface area contributed by atoms with Gasteiger partial charge in [-0.05, 0) is 59.1 Å². The fourth-order valence-corrected chi connectivity index (χ4v) is 2.28. The Balaban J connectivity index is 2.14. The average Bonchev–Trinajstić information content (AvgIpc) is 2.42. The normalized spacial score (nSPS) is 11.8. The van der Waals surface area contributed by atoms with Crippen LogP contribution in [0, 0.1) is 6.92 Å². The van der Waals surface area contributed by atoms with Crippen LogP contribution in [0.25, 0.3) is 0 Å². The van der Waals surface area contributed by atoms with E-state index >= 15 is 0 Å². The van der Waals surface area contributed by atoms with Gasteiger partial charge < -0.3 is 10.6 Å². The van der Waals surface area contributed by atoms with Crippen molar-refractivity contribution in [3.63, 3.8) is 0 Å². The van der Waals surface area contributed by atoms with E-state index in [1.54, 1.807) is 6.20 Å². The zero-order valence-corrected chi connectivity index (χ0v) is 13.9. The second-order valence-corrected chi connectivity index (χ2v) is 5.76. The predicted molar refractivity (Wildman–Crippen MR) is 89.5 cm³/mol. The fraction of sp³-hybridized carbons (Fsp3) is 0.250. The minimum atomic E-state index is -0.0690. The Hall–Kier alpha value is -1.88. The minimum absolute atomic E-state index is 0.0690. The quantitative estimate of drug-likeness (QED) is 0.811. The summed E-state index contributed by atoms with van der Waals surface area (Å²) in [7, 11) is 0. The zero-order chi connectivity index (χ0) is 15.4. The van der Waals surface area contributed by atoms with Gasteiger partial charge in [-0.2, -0.15) is 0 Å². The van der Waals surface area contributed by atoms with Crippen molar-refractivity contribution < 1.29 is 4.79 Å². The molecule has 2 aromatic rings. The Labute approximate surface area is 133 Å². The smallest absolute Gasteiger partial charge is 0.221 e. The van der Waals surface area contributed by atoms with E-state index in [1.807, 2.05) is 37.3 Å². The predicted octanol–water partition coefficient (Wildman–Crippen LogP) is 4.28. The van der Waals surface area contributed by atoms with Crippen molar-refractivity contribution in [2.75, 3.05) is 10.6 Å². The molecule has 0 aliphatic rings. The number of hydrogen-bond donors (Lipinski definition) is 2. The second-order valence-electron chi connectivity index (χ2n) is 5.00. The molecule has 0 bridgehead atoms. The van der Waals surface area contributed by atoms with Gasteiger partial charge in [-0.15, -0.1) is 0 Å². The van der Waals surface area contributed by atoms with E-state index < -0.39 is 0 Å². The van der Waals surface area contributed by atoms with Crippen LogP contribution in [0.4, 0.5) is 11.4 Å². The fourth-order valence-electron chi connectivity index (χ4n) is 2.06. The van der Waals surface area contributed by atoms with Gasteiger partial charge >= 0.3 is 0 Å². The Bertz CT molecular complexity index is 658. The van der Waals surface area contributed by atoms with Crippen molar-refractivity contribution in [2.45, 2.75) is 26.8 Å². The second kappa shape index (κ2) is 6.72. The lowest BCUT2D eigenvalue weighted by Crippen LogP contribution is -2.09. The van der Waals surface area contributed by atoms with E-state index in [4.69, 9.17) is 0 Å². The van der Waals surface area contributed by atoms with Crippen LogP contribution in [0.5, 0.6) is 0 Å². The molecular weight excluding hydrogens is 330 g/mol. The Kier molecular flexibility index (Phi) is 4.96. The van der Waals surface area contributed by atoms with Gasteiger partial charge in [0, 0.05) is 18.7 Å². The lowest BCUT2D eigenvalue weighted by Gasteiger charge is -2.17. The molecule has 2 rings (SSSR count). The molecule has 1 amide bonds. The van der Waals surface area contributed by atoms with Gasteiger partial charge in [0.15, 0.2) is 0 Å². The summed E-state index contributed by atoms with van der Waals surface area (Å²) < 4.78 is 0.855. The summed E-state index contributed by atoms with van der Waals surface area (Å²) in [4.78, 5) is 15.4. The molecule has 2 N–H and O–H groups in total. The van der Waals surface area contributed by atoms with Crippen LogP contribution in [0.2, 0.25) is 0 Å². The first-order valence-corrected chi connectivity index (χ1v) is 7.51. The highest BCUT2D eigenvalue weighted by atomic mass is 79.9. The Morgan fingerprint density at radius 2 is 2.05 bits per heavy atom. The maximum absolute atomic E-state index is 11.1. The third kappa shape index (κ3) is 4.29. The number of nitrogens with zero attached hydrogens (tertiary/aromatic N) is 1. The first-order chi connectivity index (χ1) is 9.95. The van der Waals surface area contributed by atoms with Gasteiger partial charge in [-0.3, -0.25) is 4.79 Å². The summed E-state index contributed by atoms with van der Waals surface area (Å²) >= 11 is 3.39. The highest BCUT2D eigenvalue weighted by Crippen LogP contribution is 2.23. The zero-order valence-electron chi connectivity index (χ0n) is 12.3. The molecule has 0 spiro atoms. The maximum atomic E-state index is 11.1. The summed E-state index contributed by atoms with van der Waals surface area (Å²) in [5.41, 5.74) is 3.95. The number of aromatic nitrogens is 1. The number of nitrogens with one attached hydrogen (secondary N) is 2. The summed E-state index contributed by atoms with van der Waals surface area (Å²) in [5, 5.41) is 6.21. The SMILES string of the molecule is CC(=O)Nc1cccc(C(C)Nc2cnc(Br)c(C)c2)c1. The molecule has 0 saturated heterocycles. The summed E-state index contributed by atoms with van der Waals surface area (Å²) in [6.45, 7) is 5.58. The number of benzene rings is 1. The molecule has 1 unspecified atom stereocenters. The van der Waals surface area contributed by atoms with Crippen LogP contribution in [-0.4, -0.2) is 10.9 Å². The number of aryl methyl sites for hydroxylation is 1. The van der Waals surface area contributed by atoms with Crippen LogP contribution in [0.3, 0.4) is 0 Å². The molecular formula is C16H18BrN3O. The van der Waals surface area contributed by atoms with Crippen molar-refractivity contribution in [3.8, 4) is 0 Å². The molecule has 0 aliphatic heterocycles. The molecule has 21 heavy (non-hydrogen) atoms. The van der Waals surface area contributed by atoms with E-state index in [-0.39, 0.29) is 11.9 Å². The van der Waals surface area contributed by atoms with Crippen LogP contribution >= 0.6 is 15.9 Å². The molecule has 4 nitrogen and oxygen atoms in total. The van der Waals surface area contributed by atoms with E-state index in [0.717, 1.165) is 27.1 Å². The van der Waals surface area contributed by atoms with Crippen molar-refractivity contribution in [1.82, 2.24) is 4.98 Å². The Morgan fingerprint density at radius 1 is 1.29 bits per heavy atom. The van der Waals surface area contributed by atoms with Gasteiger partial charge in [-0.25, -0.2) is 4.98 Å². The molecule has 1 aromatic heterocycles. The first kappa shape index (κ1) is 15.5. The maximum Gasteiger partial charge on any atom is 0.221 e. The lowest BCUT2D eigenvalue weighted by molar-refractivity contribution is -0.114. The van der Waals surface area contributed by atoms with Crippen molar-refractivity contribution in [3.05, 3.63) is 52.3 Å². The van der Waals surface area contributed by atoms with Gasteiger partial charge in [0.2, 0.25) is 5.91 Å².